The predicted molar refractivity (Wildman–Crippen MR) is 159 cm³/mol. The van der Waals surface area contributed by atoms with Gasteiger partial charge in [-0.15, -0.1) is 0 Å². The van der Waals surface area contributed by atoms with E-state index >= 15 is 0 Å². The lowest BCUT2D eigenvalue weighted by Gasteiger charge is -2.19. The van der Waals surface area contributed by atoms with Crippen molar-refractivity contribution in [3.05, 3.63) is 17.7 Å². The van der Waals surface area contributed by atoms with Crippen LogP contribution in [0.25, 0.3) is 0 Å². The van der Waals surface area contributed by atoms with Gasteiger partial charge in [-0.2, -0.15) is 0 Å². The molecule has 0 unspecified atom stereocenters. The average molecular weight is 623 g/mol. The Kier molecular flexibility index (Phi) is 27.6. The number of methoxy groups -OCH3 is 3. The highest BCUT2D eigenvalue weighted by Gasteiger charge is 2.16. The van der Waals surface area contributed by atoms with Gasteiger partial charge in [0.25, 0.3) is 0 Å². The van der Waals surface area contributed by atoms with E-state index in [9.17, 15) is 0 Å². The van der Waals surface area contributed by atoms with Gasteiger partial charge in [0.15, 0.2) is 11.5 Å². The van der Waals surface area contributed by atoms with E-state index in [2.05, 4.69) is 0 Å². The third kappa shape index (κ3) is 22.4. The van der Waals surface area contributed by atoms with Crippen molar-refractivity contribution >= 4 is 0 Å². The maximum absolute atomic E-state index is 6.12. The number of ether oxygens (including phenoxy) is 13. The molecule has 0 amide bonds. The van der Waals surface area contributed by atoms with E-state index in [-0.39, 0.29) is 0 Å². The third-order valence-corrected chi connectivity index (χ3v) is 5.41. The Morgan fingerprint density at radius 3 is 1.07 bits per heavy atom. The highest BCUT2D eigenvalue weighted by atomic mass is 16.6. The van der Waals surface area contributed by atoms with Crippen LogP contribution in [0.4, 0.5) is 0 Å². The normalized spacial score (nSPS) is 11.3. The van der Waals surface area contributed by atoms with E-state index in [0.717, 1.165) is 5.56 Å². The van der Waals surface area contributed by atoms with E-state index in [4.69, 9.17) is 61.6 Å². The van der Waals surface area contributed by atoms with Crippen LogP contribution in [0.1, 0.15) is 12.5 Å². The number of hydrogen-bond donors (Lipinski definition) is 0. The summed E-state index contributed by atoms with van der Waals surface area (Å²) in [6.07, 6.45) is 0. The summed E-state index contributed by atoms with van der Waals surface area (Å²) in [6, 6.07) is 3.79. The molecule has 0 aliphatic heterocycles. The topological polar surface area (TPSA) is 120 Å². The Morgan fingerprint density at radius 1 is 0.395 bits per heavy atom. The molecule has 0 fully saturated rings. The molecule has 1 aromatic rings. The van der Waals surface area contributed by atoms with Crippen LogP contribution in [-0.2, 0) is 54.0 Å². The SMILES string of the molecule is CCOCc1cc(OCCOCCOCCOC)c(OCCOCCOCCOC)c(OCCOCCOCCOC)c1. The zero-order chi connectivity index (χ0) is 31.1. The lowest BCUT2D eigenvalue weighted by atomic mass is 10.2. The molecule has 0 spiro atoms. The van der Waals surface area contributed by atoms with Gasteiger partial charge in [-0.25, -0.2) is 0 Å². The number of hydrogen-bond acceptors (Lipinski definition) is 13. The van der Waals surface area contributed by atoms with Crippen molar-refractivity contribution < 1.29 is 61.6 Å². The van der Waals surface area contributed by atoms with Crippen molar-refractivity contribution in [3.63, 3.8) is 0 Å². The van der Waals surface area contributed by atoms with Crippen LogP contribution in [-0.4, -0.2) is 147 Å². The molecule has 13 heteroatoms. The molecule has 0 radical (unpaired) electrons. The lowest BCUT2D eigenvalue weighted by molar-refractivity contribution is 0.0146. The summed E-state index contributed by atoms with van der Waals surface area (Å²) < 4.78 is 72.0. The Hall–Kier alpha value is -1.78. The minimum absolute atomic E-state index is 0.292. The van der Waals surface area contributed by atoms with E-state index in [1.165, 1.54) is 0 Å². The first kappa shape index (κ1) is 39.2. The molecule has 0 bridgehead atoms. The van der Waals surface area contributed by atoms with Gasteiger partial charge < -0.3 is 61.6 Å². The van der Waals surface area contributed by atoms with E-state index in [1.54, 1.807) is 21.3 Å². The van der Waals surface area contributed by atoms with Crippen LogP contribution < -0.4 is 14.2 Å². The second-order valence-corrected chi connectivity index (χ2v) is 8.76. The summed E-state index contributed by atoms with van der Waals surface area (Å²) in [6.45, 7) is 11.0. The lowest BCUT2D eigenvalue weighted by Crippen LogP contribution is -2.15. The van der Waals surface area contributed by atoms with Crippen molar-refractivity contribution in [1.82, 2.24) is 0 Å². The molecule has 0 atom stereocenters. The molecule has 1 aromatic carbocycles. The van der Waals surface area contributed by atoms with Crippen LogP contribution in [0.15, 0.2) is 12.1 Å². The second kappa shape index (κ2) is 30.3. The summed E-state index contributed by atoms with van der Waals surface area (Å²) >= 11 is 0. The van der Waals surface area contributed by atoms with Gasteiger partial charge in [-0.3, -0.25) is 0 Å². The van der Waals surface area contributed by atoms with Crippen molar-refractivity contribution in [2.45, 2.75) is 13.5 Å². The highest BCUT2D eigenvalue weighted by molar-refractivity contribution is 5.54. The quantitative estimate of drug-likeness (QED) is 0.107. The maximum Gasteiger partial charge on any atom is 0.203 e. The second-order valence-electron chi connectivity index (χ2n) is 8.76. The molecule has 0 saturated carbocycles. The summed E-state index contributed by atoms with van der Waals surface area (Å²) in [7, 11) is 4.91. The molecule has 1 rings (SSSR count). The monoisotopic (exact) mass is 622 g/mol. The molecular formula is C30H54O13. The fourth-order valence-electron chi connectivity index (χ4n) is 3.31. The molecule has 252 valence electrons. The molecule has 43 heavy (non-hydrogen) atoms. The van der Waals surface area contributed by atoms with Crippen molar-refractivity contribution in [2.24, 2.45) is 0 Å². The van der Waals surface area contributed by atoms with Crippen LogP contribution in [0, 0.1) is 0 Å². The average Bonchev–Trinajstić information content (AvgIpc) is 3.02. The van der Waals surface area contributed by atoms with Gasteiger partial charge >= 0.3 is 0 Å². The van der Waals surface area contributed by atoms with E-state index in [0.29, 0.717) is 149 Å². The molecule has 0 aliphatic rings. The summed E-state index contributed by atoms with van der Waals surface area (Å²) in [5.74, 6) is 1.54. The van der Waals surface area contributed by atoms with Gasteiger partial charge in [0.2, 0.25) is 5.75 Å². The third-order valence-electron chi connectivity index (χ3n) is 5.41. The molecule has 0 heterocycles. The first-order valence-electron chi connectivity index (χ1n) is 14.8. The zero-order valence-corrected chi connectivity index (χ0v) is 26.6. The standard InChI is InChI=1S/C30H54O13/c1-5-34-26-27-24-28(41-21-18-38-15-12-35-9-6-31-2)30(43-23-20-40-17-14-37-11-8-33-4)29(25-27)42-22-19-39-16-13-36-10-7-32-3/h24-25H,5-23,26H2,1-4H3. The molecule has 0 saturated heterocycles. The van der Waals surface area contributed by atoms with E-state index in [1.807, 2.05) is 19.1 Å². The summed E-state index contributed by atoms with van der Waals surface area (Å²) in [5, 5.41) is 0. The van der Waals surface area contributed by atoms with Gasteiger partial charge in [-0.1, -0.05) is 0 Å². The number of rotatable bonds is 33. The fraction of sp³-hybridized carbons (Fsp3) is 0.800. The van der Waals surface area contributed by atoms with Crippen molar-refractivity contribution in [1.29, 1.82) is 0 Å². The van der Waals surface area contributed by atoms with Gasteiger partial charge in [0.05, 0.1) is 106 Å². The first-order chi connectivity index (χ1) is 21.3. The molecule has 0 N–H and O–H groups in total. The Morgan fingerprint density at radius 2 is 0.721 bits per heavy atom. The summed E-state index contributed by atoms with van der Waals surface area (Å²) in [5.41, 5.74) is 0.892. The Labute approximate surface area is 257 Å². The smallest absolute Gasteiger partial charge is 0.203 e. The van der Waals surface area contributed by atoms with Crippen LogP contribution in [0.3, 0.4) is 0 Å². The maximum atomic E-state index is 6.12. The molecule has 0 aromatic heterocycles. The first-order valence-corrected chi connectivity index (χ1v) is 14.8. The molecule has 0 aliphatic carbocycles. The Bertz CT molecular complexity index is 695. The largest absolute Gasteiger partial charge is 0.487 e. The zero-order valence-electron chi connectivity index (χ0n) is 26.6. The van der Waals surface area contributed by atoms with E-state index < -0.39 is 0 Å². The van der Waals surface area contributed by atoms with Crippen molar-refractivity contribution in [3.8, 4) is 17.2 Å². The fourth-order valence-corrected chi connectivity index (χ4v) is 3.31. The predicted octanol–water partition coefficient (Wildman–Crippen LogP) is 2.40. The van der Waals surface area contributed by atoms with Gasteiger partial charge in [0.1, 0.15) is 19.8 Å². The molecular weight excluding hydrogens is 568 g/mol. The minimum atomic E-state index is 0.292. The number of benzene rings is 1. The van der Waals surface area contributed by atoms with Crippen LogP contribution >= 0.6 is 0 Å². The highest BCUT2D eigenvalue weighted by Crippen LogP contribution is 2.39. The summed E-state index contributed by atoms with van der Waals surface area (Å²) in [4.78, 5) is 0. The Balaban J connectivity index is 2.71. The minimum Gasteiger partial charge on any atom is -0.487 e. The molecule has 13 nitrogen and oxygen atoms in total. The van der Waals surface area contributed by atoms with Gasteiger partial charge in [-0.05, 0) is 24.6 Å². The van der Waals surface area contributed by atoms with Crippen LogP contribution in [0.5, 0.6) is 17.2 Å². The van der Waals surface area contributed by atoms with Gasteiger partial charge in [0, 0.05) is 27.9 Å². The van der Waals surface area contributed by atoms with Crippen molar-refractivity contribution in [2.75, 3.05) is 147 Å². The van der Waals surface area contributed by atoms with Crippen LogP contribution in [0.2, 0.25) is 0 Å².